The minimum Gasteiger partial charge on any atom is -0.399 e. The fourth-order valence-corrected chi connectivity index (χ4v) is 3.11. The Morgan fingerprint density at radius 3 is 2.36 bits per heavy atom. The summed E-state index contributed by atoms with van der Waals surface area (Å²) in [6, 6.07) is 4.10. The topological polar surface area (TPSA) is 67.6 Å². The summed E-state index contributed by atoms with van der Waals surface area (Å²) in [5, 5.41) is 9.62. The molecule has 3 rings (SSSR count). The minimum atomic E-state index is -0.514. The fraction of sp³-hybridized carbons (Fsp3) is 0.667. The summed E-state index contributed by atoms with van der Waals surface area (Å²) in [5.74, 6) is 0.694. The van der Waals surface area contributed by atoms with Crippen LogP contribution in [0.3, 0.4) is 0 Å². The van der Waals surface area contributed by atoms with Crippen LogP contribution in [0, 0.1) is 11.3 Å². The molecule has 0 spiro atoms. The van der Waals surface area contributed by atoms with Gasteiger partial charge in [-0.2, -0.15) is 5.26 Å². The largest absolute Gasteiger partial charge is 0.496 e. The lowest BCUT2D eigenvalue weighted by Crippen LogP contribution is -2.49. The number of morpholine rings is 1. The zero-order chi connectivity index (χ0) is 18.5. The highest BCUT2D eigenvalue weighted by molar-refractivity contribution is 6.62. The molecule has 0 unspecified atom stereocenters. The van der Waals surface area contributed by atoms with Crippen molar-refractivity contribution in [2.75, 3.05) is 24.6 Å². The maximum absolute atomic E-state index is 9.62. The van der Waals surface area contributed by atoms with Gasteiger partial charge in [0.2, 0.25) is 0 Å². The van der Waals surface area contributed by atoms with Crippen LogP contribution in [0.1, 0.15) is 47.1 Å². The van der Waals surface area contributed by atoms with Gasteiger partial charge in [-0.3, -0.25) is 0 Å². The summed E-state index contributed by atoms with van der Waals surface area (Å²) >= 11 is 0. The third kappa shape index (κ3) is 3.39. The highest BCUT2D eigenvalue weighted by Crippen LogP contribution is 2.36. The molecule has 0 saturated carbocycles. The lowest BCUT2D eigenvalue weighted by atomic mass is 9.79. The molecule has 0 amide bonds. The first kappa shape index (κ1) is 18.2. The molecule has 2 saturated heterocycles. The summed E-state index contributed by atoms with van der Waals surface area (Å²) in [6.45, 7) is 14.2. The quantitative estimate of drug-likeness (QED) is 0.764. The van der Waals surface area contributed by atoms with E-state index in [1.165, 1.54) is 0 Å². The summed E-state index contributed by atoms with van der Waals surface area (Å²) in [4.78, 5) is 6.67. The van der Waals surface area contributed by atoms with Crippen LogP contribution >= 0.6 is 0 Å². The summed E-state index contributed by atoms with van der Waals surface area (Å²) in [5.41, 5.74) is 0.211. The van der Waals surface area contributed by atoms with E-state index in [0.717, 1.165) is 12.0 Å². The molecule has 7 heteroatoms. The Hall–Kier alpha value is -1.62. The zero-order valence-electron chi connectivity index (χ0n) is 15.9. The van der Waals surface area contributed by atoms with E-state index in [4.69, 9.17) is 14.0 Å². The minimum absolute atomic E-state index is 0.253. The number of hydrogen-bond acceptors (Lipinski definition) is 6. The van der Waals surface area contributed by atoms with Gasteiger partial charge in [0.05, 0.1) is 29.0 Å². The van der Waals surface area contributed by atoms with E-state index in [9.17, 15) is 5.26 Å². The van der Waals surface area contributed by atoms with Crippen molar-refractivity contribution in [2.24, 2.45) is 0 Å². The second-order valence-corrected chi connectivity index (χ2v) is 8.37. The van der Waals surface area contributed by atoms with Crippen molar-refractivity contribution in [1.29, 1.82) is 5.26 Å². The van der Waals surface area contributed by atoms with E-state index in [2.05, 4.69) is 16.0 Å². The van der Waals surface area contributed by atoms with Crippen LogP contribution in [0.25, 0.3) is 0 Å². The van der Waals surface area contributed by atoms with Gasteiger partial charge in [-0.05, 0) is 47.6 Å². The third-order valence-electron chi connectivity index (χ3n) is 5.26. The highest BCUT2D eigenvalue weighted by Gasteiger charge is 2.52. The predicted octanol–water partition coefficient (Wildman–Crippen LogP) is 1.87. The Kier molecular flexibility index (Phi) is 4.35. The van der Waals surface area contributed by atoms with Crippen LogP contribution < -0.4 is 10.4 Å². The highest BCUT2D eigenvalue weighted by atomic mass is 16.7. The van der Waals surface area contributed by atoms with Crippen LogP contribution in [0.2, 0.25) is 0 Å². The number of anilines is 1. The SMILES string of the molecule is CC1(C)CN(c2ncc(B3OC(C)(C)C(C)(C)O3)cc2C#N)CCO1. The summed E-state index contributed by atoms with van der Waals surface area (Å²) in [6.07, 6.45) is 1.75. The smallest absolute Gasteiger partial charge is 0.399 e. The Balaban J connectivity index is 1.88. The van der Waals surface area contributed by atoms with Gasteiger partial charge < -0.3 is 18.9 Å². The molecule has 2 aliphatic rings. The molecule has 1 aromatic rings. The monoisotopic (exact) mass is 343 g/mol. The van der Waals surface area contributed by atoms with Crippen molar-refractivity contribution in [3.63, 3.8) is 0 Å². The van der Waals surface area contributed by atoms with Crippen LogP contribution in [-0.4, -0.2) is 48.6 Å². The van der Waals surface area contributed by atoms with Gasteiger partial charge in [-0.1, -0.05) is 0 Å². The van der Waals surface area contributed by atoms with Gasteiger partial charge in [0.1, 0.15) is 11.9 Å². The van der Waals surface area contributed by atoms with Crippen LogP contribution in [0.4, 0.5) is 5.82 Å². The Labute approximate surface area is 150 Å². The standard InChI is InChI=1S/C18H26BN3O3/c1-16(2)12-22(7-8-23-16)15-13(10-20)9-14(11-21-15)19-24-17(3,4)18(5,6)25-19/h9,11H,7-8,12H2,1-6H3. The van der Waals surface area contributed by atoms with Crippen molar-refractivity contribution in [3.8, 4) is 6.07 Å². The molecule has 25 heavy (non-hydrogen) atoms. The molecule has 2 fully saturated rings. The average molecular weight is 343 g/mol. The third-order valence-corrected chi connectivity index (χ3v) is 5.26. The van der Waals surface area contributed by atoms with Crippen molar-refractivity contribution in [2.45, 2.75) is 58.3 Å². The molecule has 2 aliphatic heterocycles. The maximum atomic E-state index is 9.62. The van der Waals surface area contributed by atoms with E-state index in [1.807, 2.05) is 47.6 Å². The molecule has 0 bridgehead atoms. The van der Waals surface area contributed by atoms with Crippen molar-refractivity contribution in [3.05, 3.63) is 17.8 Å². The van der Waals surface area contributed by atoms with E-state index < -0.39 is 18.3 Å². The molecule has 1 aromatic heterocycles. The van der Waals surface area contributed by atoms with Gasteiger partial charge in [-0.15, -0.1) is 0 Å². The van der Waals surface area contributed by atoms with E-state index in [0.29, 0.717) is 24.5 Å². The first-order chi connectivity index (χ1) is 11.5. The molecule has 0 aliphatic carbocycles. The molecule has 0 aromatic carbocycles. The number of ether oxygens (including phenoxy) is 1. The zero-order valence-corrected chi connectivity index (χ0v) is 15.9. The van der Waals surface area contributed by atoms with E-state index in [-0.39, 0.29) is 5.60 Å². The fourth-order valence-electron chi connectivity index (χ4n) is 3.11. The van der Waals surface area contributed by atoms with Crippen LogP contribution in [-0.2, 0) is 14.0 Å². The van der Waals surface area contributed by atoms with E-state index in [1.54, 1.807) is 6.20 Å². The van der Waals surface area contributed by atoms with Crippen molar-refractivity contribution in [1.82, 2.24) is 4.98 Å². The predicted molar refractivity (Wildman–Crippen MR) is 96.9 cm³/mol. The van der Waals surface area contributed by atoms with Gasteiger partial charge in [-0.25, -0.2) is 4.98 Å². The first-order valence-electron chi connectivity index (χ1n) is 8.69. The molecule has 3 heterocycles. The Morgan fingerprint density at radius 1 is 1.16 bits per heavy atom. The lowest BCUT2D eigenvalue weighted by molar-refractivity contribution is -0.0279. The summed E-state index contributed by atoms with van der Waals surface area (Å²) < 4.78 is 17.9. The van der Waals surface area contributed by atoms with Crippen molar-refractivity contribution >= 4 is 18.4 Å². The van der Waals surface area contributed by atoms with Crippen LogP contribution in [0.15, 0.2) is 12.3 Å². The summed E-state index contributed by atoms with van der Waals surface area (Å²) in [7, 11) is -0.514. The molecule has 134 valence electrons. The van der Waals surface area contributed by atoms with E-state index >= 15 is 0 Å². The molecule has 0 N–H and O–H groups in total. The van der Waals surface area contributed by atoms with Gasteiger partial charge in [0, 0.05) is 24.7 Å². The first-order valence-corrected chi connectivity index (χ1v) is 8.69. The second-order valence-electron chi connectivity index (χ2n) is 8.37. The van der Waals surface area contributed by atoms with Crippen molar-refractivity contribution < 1.29 is 14.0 Å². The maximum Gasteiger partial charge on any atom is 0.496 e. The number of nitrogens with zero attached hydrogens (tertiary/aromatic N) is 3. The molecular formula is C18H26BN3O3. The normalized spacial score (nSPS) is 24.2. The average Bonchev–Trinajstić information content (AvgIpc) is 2.74. The lowest BCUT2D eigenvalue weighted by Gasteiger charge is -2.39. The van der Waals surface area contributed by atoms with Gasteiger partial charge >= 0.3 is 7.12 Å². The number of hydrogen-bond donors (Lipinski definition) is 0. The molecule has 6 nitrogen and oxygen atoms in total. The second kappa shape index (κ2) is 5.98. The van der Waals surface area contributed by atoms with Gasteiger partial charge in [0.15, 0.2) is 0 Å². The molecular weight excluding hydrogens is 317 g/mol. The Morgan fingerprint density at radius 2 is 1.80 bits per heavy atom. The number of aromatic nitrogens is 1. The molecule has 0 radical (unpaired) electrons. The number of rotatable bonds is 2. The number of pyridine rings is 1. The number of nitriles is 1. The molecule has 0 atom stereocenters. The Bertz CT molecular complexity index is 696. The van der Waals surface area contributed by atoms with Crippen LogP contribution in [0.5, 0.6) is 0 Å². The van der Waals surface area contributed by atoms with Gasteiger partial charge in [0.25, 0.3) is 0 Å².